The van der Waals surface area contributed by atoms with Crippen molar-refractivity contribution < 1.29 is 93.1 Å². The van der Waals surface area contributed by atoms with Crippen LogP contribution in [0, 0.1) is 29.1 Å². The Bertz CT molecular complexity index is 5750. The summed E-state index contributed by atoms with van der Waals surface area (Å²) in [6.45, 7) is 7.94. The van der Waals surface area contributed by atoms with Gasteiger partial charge < -0.3 is 63.3 Å². The molecule has 0 fully saturated rings. The number of ketones is 1. The fourth-order valence-electron chi connectivity index (χ4n) is 11.8. The molecular weight excluding hydrogens is 1840 g/mol. The van der Waals surface area contributed by atoms with Crippen LogP contribution in [0.25, 0.3) is 77.2 Å². The lowest BCUT2D eigenvalue weighted by Crippen LogP contribution is -2.34. The van der Waals surface area contributed by atoms with Crippen LogP contribution in [0.2, 0.25) is 25.1 Å². The van der Waals surface area contributed by atoms with Gasteiger partial charge >= 0.3 is 0 Å². The van der Waals surface area contributed by atoms with E-state index < -0.39 is 70.1 Å². The zero-order valence-corrected chi connectivity index (χ0v) is 76.4. The predicted molar refractivity (Wildman–Crippen MR) is 477 cm³/mol. The number of carbonyl (C=O) groups excluding carboxylic acids is 1. The molecule has 5 unspecified atom stereocenters. The molecule has 674 valence electrons. The van der Waals surface area contributed by atoms with Crippen LogP contribution in [-0.2, 0) is 42.2 Å². The number of hydrogen-bond donors (Lipinski definition) is 3. The highest BCUT2D eigenvalue weighted by Crippen LogP contribution is 2.42. The lowest BCUT2D eigenvalue weighted by molar-refractivity contribution is -0.00973. The van der Waals surface area contributed by atoms with Crippen LogP contribution < -0.4 is 38.9 Å². The molecule has 0 bridgehead atoms. The Morgan fingerprint density at radius 1 is 0.417 bits per heavy atom. The Morgan fingerprint density at radius 3 is 1.00 bits per heavy atom. The topological polar surface area (TPSA) is 338 Å². The maximum atomic E-state index is 13.7. The first kappa shape index (κ1) is 103. The molecule has 0 saturated heterocycles. The number of methoxy groups -OCH3 is 9. The molecule has 11 rings (SSSR count). The van der Waals surface area contributed by atoms with Crippen molar-refractivity contribution in [2.75, 3.05) is 95.6 Å². The van der Waals surface area contributed by atoms with Crippen LogP contribution in [-0.4, -0.2) is 143 Å². The molecule has 5 atom stereocenters. The summed E-state index contributed by atoms with van der Waals surface area (Å²) in [7, 11) is 13.5. The SMILES string of the molecule is COc1cc(C(=O)CCC(C)(OC)c2ccc(OC)c(-c3ccc(F)c(Cl)c3)n2)ccc1OCC(F)F.COc1ccc(C(C)(CN)OC)nc1-c1ccc(F)c(Cl)c1.COc1ccc(C(C)(CN=[N+]=[N-])OC)nc1-c1ccc(F)c(Cl)c1.COc1ccc(C(C)(O)CBr)nc1-c1ccc(F)c(Cl)c1.COc1ccc(C(C)(O)CN=[N+]=[N-])nc1-c1ccc(F)c(Cl)c1. The molecule has 0 spiro atoms. The maximum Gasteiger partial charge on any atom is 0.272 e. The minimum Gasteiger partial charge on any atom is -0.494 e. The van der Waals surface area contributed by atoms with Gasteiger partial charge in [-0.1, -0.05) is 84.2 Å². The third-order valence-corrected chi connectivity index (χ3v) is 22.2. The molecule has 0 radical (unpaired) electrons. The van der Waals surface area contributed by atoms with E-state index in [-0.39, 0.29) is 74.9 Å². The monoisotopic (exact) mass is 1920 g/mol. The normalized spacial score (nSPS) is 13.2. The van der Waals surface area contributed by atoms with Gasteiger partial charge in [0.25, 0.3) is 6.43 Å². The number of ether oxygens (including phenoxy) is 10. The summed E-state index contributed by atoms with van der Waals surface area (Å²) in [6.07, 6.45) is -2.27. The molecule has 6 aromatic carbocycles. The molecule has 0 saturated carbocycles. The molecule has 38 heteroatoms. The van der Waals surface area contributed by atoms with Gasteiger partial charge in [0, 0.05) is 82.8 Å². The molecule has 11 aromatic rings. The van der Waals surface area contributed by atoms with Gasteiger partial charge in [0.2, 0.25) is 0 Å². The Morgan fingerprint density at radius 2 is 0.709 bits per heavy atom. The van der Waals surface area contributed by atoms with Gasteiger partial charge in [0.1, 0.15) is 121 Å². The minimum absolute atomic E-state index is 0.00834. The first-order chi connectivity index (χ1) is 60.3. The highest BCUT2D eigenvalue weighted by Gasteiger charge is 2.34. The van der Waals surface area contributed by atoms with E-state index in [2.05, 4.69) is 55.9 Å². The number of benzene rings is 6. The van der Waals surface area contributed by atoms with Crippen LogP contribution in [0.15, 0.2) is 180 Å². The first-order valence-electron chi connectivity index (χ1n) is 37.8. The van der Waals surface area contributed by atoms with Crippen molar-refractivity contribution in [1.82, 2.24) is 24.9 Å². The first-order valence-corrected chi connectivity index (χ1v) is 40.8. The number of Topliss-reactive ketones (excluding diaryl/α,β-unsaturated/α-hetero) is 1. The second kappa shape index (κ2) is 47.3. The Kier molecular flexibility index (Phi) is 38.4. The molecule has 127 heavy (non-hydrogen) atoms. The summed E-state index contributed by atoms with van der Waals surface area (Å²) in [6, 6.07) is 42.9. The average molecular weight is 1920 g/mol. The van der Waals surface area contributed by atoms with E-state index in [4.69, 9.17) is 127 Å². The summed E-state index contributed by atoms with van der Waals surface area (Å²) < 4.78 is 146. The molecular formula is C89H89BrCl5F7N12O13. The van der Waals surface area contributed by atoms with Crippen molar-refractivity contribution in [2.45, 2.75) is 81.9 Å². The standard InChI is InChI=1S/C27H27ClF3NO5.C16H16ClFN4O2.C16H18ClFN2O2.C15H14BrClFNO2.C15H14ClFN4O2/c1-27(36-4,12-11-20(33)16-6-8-21(23(14-16)35-3)37-15-25(30)31)24-10-9-22(34-2)26(32-24)17-5-7-19(29)18(28)13-17;1-16(24-3,9-20-22-19)14-7-6-13(23-2)15(21-14)10-4-5-12(18)11(17)8-10;1-16(9-19,22-3)14-7-6-13(21-2)15(20-14)10-4-5-12(18)11(17)8-10;1-15(20,8-16)13-6-5-12(21-2)14(19-13)9-3-4-11(18)10(17)7-9;1-15(22,8-19-21-18)13-6-5-12(23-2)14(20-13)9-3-4-11(17)10(16)7-9/h5-10,13-14,25H,11-12,15H2,1-4H3;4-8H,9H2,1-3H3;4-8H,9,19H2,1-3H3;3-7,20H,8H2,1-2H3;3-7,22H,8H2,1-2H3. The van der Waals surface area contributed by atoms with Crippen LogP contribution in [0.1, 0.15) is 86.3 Å². The lowest BCUT2D eigenvalue weighted by atomic mass is 9.91. The molecule has 5 aromatic heterocycles. The summed E-state index contributed by atoms with van der Waals surface area (Å²) in [5, 5.41) is 27.9. The summed E-state index contributed by atoms with van der Waals surface area (Å²) >= 11 is 32.6. The number of nitrogens with two attached hydrogens (primary N) is 1. The van der Waals surface area contributed by atoms with Crippen molar-refractivity contribution >= 4 is 79.7 Å². The highest BCUT2D eigenvalue weighted by atomic mass is 79.9. The smallest absolute Gasteiger partial charge is 0.272 e. The lowest BCUT2D eigenvalue weighted by Gasteiger charge is -2.28. The number of carbonyl (C=O) groups is 1. The predicted octanol–water partition coefficient (Wildman–Crippen LogP) is 23.0. The Labute approximate surface area is 761 Å². The molecule has 4 N–H and O–H groups in total. The van der Waals surface area contributed by atoms with Crippen LogP contribution >= 0.6 is 73.9 Å². The van der Waals surface area contributed by atoms with Crippen molar-refractivity contribution in [2.24, 2.45) is 16.0 Å². The van der Waals surface area contributed by atoms with Gasteiger partial charge in [-0.25, -0.2) is 55.7 Å². The molecule has 0 amide bonds. The van der Waals surface area contributed by atoms with Crippen LogP contribution in [0.4, 0.5) is 30.7 Å². The molecule has 0 aliphatic heterocycles. The van der Waals surface area contributed by atoms with Crippen LogP contribution in [0.5, 0.6) is 40.2 Å². The second-order valence-corrected chi connectivity index (χ2v) is 30.9. The van der Waals surface area contributed by atoms with E-state index in [9.17, 15) is 45.7 Å². The number of hydrogen-bond acceptors (Lipinski definition) is 21. The van der Waals surface area contributed by atoms with E-state index in [1.807, 2.05) is 6.92 Å². The van der Waals surface area contributed by atoms with Crippen molar-refractivity contribution in [3.63, 3.8) is 0 Å². The van der Waals surface area contributed by atoms with Gasteiger partial charge in [0.15, 0.2) is 17.3 Å². The summed E-state index contributed by atoms with van der Waals surface area (Å²) in [5.74, 6) is -0.00580. The number of alkyl halides is 3. The molecule has 5 heterocycles. The number of pyridine rings is 5. The quantitative estimate of drug-likeness (QED) is 0.00880. The van der Waals surface area contributed by atoms with Crippen molar-refractivity contribution in [3.8, 4) is 96.5 Å². The number of rotatable bonds is 32. The number of azide groups is 2. The zero-order chi connectivity index (χ0) is 93.9. The van der Waals surface area contributed by atoms with E-state index in [0.29, 0.717) is 124 Å². The van der Waals surface area contributed by atoms with E-state index >= 15 is 0 Å². The third kappa shape index (κ3) is 26.9. The van der Waals surface area contributed by atoms with Gasteiger partial charge in [-0.2, -0.15) is 0 Å². The van der Waals surface area contributed by atoms with E-state index in [1.165, 1.54) is 142 Å². The Hall–Kier alpha value is -10.8. The largest absolute Gasteiger partial charge is 0.494 e. The van der Waals surface area contributed by atoms with Crippen molar-refractivity contribution in [3.05, 3.63) is 279 Å². The second-order valence-electron chi connectivity index (χ2n) is 28.3. The molecule has 25 nitrogen and oxygen atoms in total. The summed E-state index contributed by atoms with van der Waals surface area (Å²) in [5.41, 5.74) is 25.8. The fraction of sp³-hybridized carbons (Fsp3) is 0.303. The number of aliphatic hydroxyl groups is 2. The maximum absolute atomic E-state index is 13.7. The number of halogens is 13. The van der Waals surface area contributed by atoms with Gasteiger partial charge in [-0.05, 0) is 222 Å². The van der Waals surface area contributed by atoms with Gasteiger partial charge in [-0.15, -0.1) is 0 Å². The number of aromatic nitrogens is 5. The average Bonchev–Trinajstić information content (AvgIpc) is 0.787. The highest BCUT2D eigenvalue weighted by molar-refractivity contribution is 9.09. The summed E-state index contributed by atoms with van der Waals surface area (Å²) in [4.78, 5) is 41.1. The minimum atomic E-state index is -2.63. The molecule has 0 aliphatic carbocycles. The van der Waals surface area contributed by atoms with Gasteiger partial charge in [0.05, 0.1) is 109 Å². The van der Waals surface area contributed by atoms with Crippen molar-refractivity contribution in [1.29, 1.82) is 0 Å². The fourth-order valence-corrected chi connectivity index (χ4v) is 13.0. The zero-order valence-electron chi connectivity index (χ0n) is 71.0. The third-order valence-electron chi connectivity index (χ3n) is 19.6. The Balaban J connectivity index is 0.000000222. The van der Waals surface area contributed by atoms with Gasteiger partial charge in [-0.3, -0.25) is 4.79 Å². The number of nitrogens with zero attached hydrogens (tertiary/aromatic N) is 11. The molecule has 0 aliphatic rings. The van der Waals surface area contributed by atoms with E-state index in [0.717, 1.165) is 0 Å². The van der Waals surface area contributed by atoms with E-state index in [1.54, 1.807) is 120 Å². The van der Waals surface area contributed by atoms with Crippen LogP contribution in [0.3, 0.4) is 0 Å².